The lowest BCUT2D eigenvalue weighted by Crippen LogP contribution is -2.52. The van der Waals surface area contributed by atoms with E-state index in [1.807, 2.05) is 0 Å². The van der Waals surface area contributed by atoms with Crippen molar-refractivity contribution in [1.29, 1.82) is 0 Å². The smallest absolute Gasteiger partial charge is 0.125 e. The number of hydrogen-bond acceptors (Lipinski definition) is 2. The van der Waals surface area contributed by atoms with Gasteiger partial charge in [0.2, 0.25) is 0 Å². The third-order valence-corrected chi connectivity index (χ3v) is 5.34. The zero-order valence-corrected chi connectivity index (χ0v) is 15.2. The van der Waals surface area contributed by atoms with E-state index in [4.69, 9.17) is 9.47 Å². The highest BCUT2D eigenvalue weighted by Gasteiger charge is 2.51. The maximum atomic E-state index is 6.55. The third kappa shape index (κ3) is 3.33. The Morgan fingerprint density at radius 3 is 2.70 bits per heavy atom. The Bertz CT molecular complexity index is 598. The normalized spacial score (nSPS) is 31.5. The van der Waals surface area contributed by atoms with Crippen molar-refractivity contribution in [3.63, 3.8) is 0 Å². The van der Waals surface area contributed by atoms with Crippen LogP contribution < -0.4 is 4.74 Å². The van der Waals surface area contributed by atoms with E-state index in [0.29, 0.717) is 5.92 Å². The van der Waals surface area contributed by atoms with Gasteiger partial charge >= 0.3 is 0 Å². The van der Waals surface area contributed by atoms with Crippen LogP contribution in [-0.4, -0.2) is 12.2 Å². The van der Waals surface area contributed by atoms with Crippen LogP contribution in [0.25, 0.3) is 0 Å². The monoisotopic (exact) mass is 314 g/mol. The molecule has 2 heteroatoms. The summed E-state index contributed by atoms with van der Waals surface area (Å²) >= 11 is 0. The lowest BCUT2D eigenvalue weighted by atomic mass is 9.67. The molecule has 3 atom stereocenters. The summed E-state index contributed by atoms with van der Waals surface area (Å²) < 4.78 is 12.9. The van der Waals surface area contributed by atoms with Crippen molar-refractivity contribution in [2.45, 2.75) is 65.6 Å². The van der Waals surface area contributed by atoms with Crippen LogP contribution in [0.1, 0.15) is 65.5 Å². The molecule has 0 N–H and O–H groups in total. The predicted molar refractivity (Wildman–Crippen MR) is 94.7 cm³/mol. The van der Waals surface area contributed by atoms with Crippen molar-refractivity contribution in [1.82, 2.24) is 0 Å². The highest BCUT2D eigenvalue weighted by Crippen LogP contribution is 2.54. The molecule has 0 bridgehead atoms. The molecule has 126 valence electrons. The van der Waals surface area contributed by atoms with E-state index in [0.717, 1.165) is 31.6 Å². The second-order valence-electron chi connectivity index (χ2n) is 8.48. The van der Waals surface area contributed by atoms with Gasteiger partial charge in [-0.15, -0.1) is 0 Å². The van der Waals surface area contributed by atoms with E-state index in [1.54, 1.807) is 0 Å². The van der Waals surface area contributed by atoms with Gasteiger partial charge in [-0.2, -0.15) is 0 Å². The molecule has 2 nitrogen and oxygen atoms in total. The van der Waals surface area contributed by atoms with Crippen molar-refractivity contribution >= 4 is 0 Å². The summed E-state index contributed by atoms with van der Waals surface area (Å²) in [4.78, 5) is 0. The maximum absolute atomic E-state index is 6.55. The van der Waals surface area contributed by atoms with Crippen LogP contribution in [0.15, 0.2) is 35.9 Å². The number of para-hydroxylation sites is 1. The van der Waals surface area contributed by atoms with Crippen molar-refractivity contribution in [3.05, 3.63) is 41.5 Å². The van der Waals surface area contributed by atoms with Crippen LogP contribution in [-0.2, 0) is 4.74 Å². The molecule has 0 aliphatic carbocycles. The number of allylic oxidation sites excluding steroid dienone is 2. The Kier molecular flexibility index (Phi) is 4.31. The summed E-state index contributed by atoms with van der Waals surface area (Å²) in [6.07, 6.45) is 5.73. The number of benzene rings is 1. The first kappa shape index (κ1) is 16.6. The molecule has 1 fully saturated rings. The van der Waals surface area contributed by atoms with Gasteiger partial charge in [0.25, 0.3) is 0 Å². The third-order valence-electron chi connectivity index (χ3n) is 5.34. The van der Waals surface area contributed by atoms with Crippen LogP contribution in [0.4, 0.5) is 0 Å². The number of fused-ring (bicyclic) bond motifs is 3. The fourth-order valence-corrected chi connectivity index (χ4v) is 4.05. The van der Waals surface area contributed by atoms with Gasteiger partial charge in [0.15, 0.2) is 0 Å². The van der Waals surface area contributed by atoms with E-state index >= 15 is 0 Å². The van der Waals surface area contributed by atoms with Gasteiger partial charge in [-0.1, -0.05) is 43.7 Å². The van der Waals surface area contributed by atoms with Gasteiger partial charge in [0.05, 0.1) is 12.7 Å². The largest absolute Gasteiger partial charge is 0.487 e. The Hall–Kier alpha value is -1.28. The average molecular weight is 314 g/mol. The molecule has 23 heavy (non-hydrogen) atoms. The van der Waals surface area contributed by atoms with Crippen LogP contribution in [0.3, 0.4) is 0 Å². The molecule has 1 aromatic carbocycles. The second-order valence-corrected chi connectivity index (χ2v) is 8.48. The first-order valence-corrected chi connectivity index (χ1v) is 8.84. The quantitative estimate of drug-likeness (QED) is 0.667. The summed E-state index contributed by atoms with van der Waals surface area (Å²) in [5, 5.41) is 0. The molecule has 0 amide bonds. The predicted octanol–water partition coefficient (Wildman–Crippen LogP) is 5.69. The molecule has 2 aliphatic rings. The Morgan fingerprint density at radius 2 is 1.96 bits per heavy atom. The highest BCUT2D eigenvalue weighted by molar-refractivity contribution is 5.39. The molecule has 0 saturated carbocycles. The van der Waals surface area contributed by atoms with Gasteiger partial charge in [0, 0.05) is 11.5 Å². The Balaban J connectivity index is 1.93. The van der Waals surface area contributed by atoms with Gasteiger partial charge < -0.3 is 9.47 Å². The average Bonchev–Trinajstić information content (AvgIpc) is 2.46. The van der Waals surface area contributed by atoms with Crippen molar-refractivity contribution in [2.24, 2.45) is 11.3 Å². The minimum Gasteiger partial charge on any atom is -0.487 e. The molecule has 2 aliphatic heterocycles. The molecule has 1 saturated heterocycles. The van der Waals surface area contributed by atoms with Gasteiger partial charge in [-0.25, -0.2) is 0 Å². The fourth-order valence-electron chi connectivity index (χ4n) is 4.05. The topological polar surface area (TPSA) is 18.5 Å². The van der Waals surface area contributed by atoms with E-state index in [9.17, 15) is 0 Å². The number of ether oxygens (including phenoxy) is 2. The van der Waals surface area contributed by atoms with E-state index < -0.39 is 0 Å². The van der Waals surface area contributed by atoms with Crippen LogP contribution in [0, 0.1) is 11.3 Å². The van der Waals surface area contributed by atoms with Crippen molar-refractivity contribution in [2.75, 3.05) is 6.61 Å². The van der Waals surface area contributed by atoms with Crippen LogP contribution in [0.5, 0.6) is 5.75 Å². The van der Waals surface area contributed by atoms with Gasteiger partial charge in [-0.05, 0) is 51.5 Å². The molecular formula is C21H30O2. The molecule has 0 unspecified atom stereocenters. The molecule has 1 aromatic rings. The summed E-state index contributed by atoms with van der Waals surface area (Å²) in [7, 11) is 0. The van der Waals surface area contributed by atoms with Crippen LogP contribution >= 0.6 is 0 Å². The van der Waals surface area contributed by atoms with Gasteiger partial charge in [-0.3, -0.25) is 0 Å². The molecule has 2 heterocycles. The zero-order valence-electron chi connectivity index (χ0n) is 15.2. The maximum Gasteiger partial charge on any atom is 0.125 e. The van der Waals surface area contributed by atoms with Gasteiger partial charge in [0.1, 0.15) is 11.4 Å². The molecule has 0 spiro atoms. The number of hydrogen-bond donors (Lipinski definition) is 0. The summed E-state index contributed by atoms with van der Waals surface area (Å²) in [6.45, 7) is 12.0. The lowest BCUT2D eigenvalue weighted by molar-refractivity contribution is -0.162. The SMILES string of the molecule is CC(C)=CCC[C@@]1(C)Oc2ccccc2[C@H]2OCC(C)(C)C[C@@H]21. The number of rotatable bonds is 3. The van der Waals surface area contributed by atoms with Crippen molar-refractivity contribution in [3.8, 4) is 5.75 Å². The second kappa shape index (κ2) is 5.98. The molecular weight excluding hydrogens is 284 g/mol. The van der Waals surface area contributed by atoms with E-state index in [-0.39, 0.29) is 17.1 Å². The first-order chi connectivity index (χ1) is 10.8. The summed E-state index contributed by atoms with van der Waals surface area (Å²) in [6, 6.07) is 8.41. The zero-order chi connectivity index (χ0) is 16.7. The Morgan fingerprint density at radius 1 is 1.22 bits per heavy atom. The van der Waals surface area contributed by atoms with Crippen LogP contribution in [0.2, 0.25) is 0 Å². The standard InChI is InChI=1S/C21H30O2/c1-15(2)9-8-12-21(5)17-13-20(3,4)14-22-19(17)16-10-6-7-11-18(16)23-21/h6-7,9-11,17,19H,8,12-14H2,1-5H3/t17-,19+,21+/m0/s1. The molecule has 0 radical (unpaired) electrons. The fraction of sp³-hybridized carbons (Fsp3) is 0.619. The Labute approximate surface area is 140 Å². The minimum absolute atomic E-state index is 0.164. The molecule has 3 rings (SSSR count). The first-order valence-electron chi connectivity index (χ1n) is 8.84. The highest BCUT2D eigenvalue weighted by atomic mass is 16.5. The van der Waals surface area contributed by atoms with Crippen molar-refractivity contribution < 1.29 is 9.47 Å². The lowest BCUT2D eigenvalue weighted by Gasteiger charge is -2.52. The van der Waals surface area contributed by atoms with E-state index in [1.165, 1.54) is 11.1 Å². The minimum atomic E-state index is -0.164. The summed E-state index contributed by atoms with van der Waals surface area (Å²) in [5.74, 6) is 1.42. The van der Waals surface area contributed by atoms with E-state index in [2.05, 4.69) is 65.0 Å². The summed E-state index contributed by atoms with van der Waals surface area (Å²) in [5.41, 5.74) is 2.66. The molecule has 0 aromatic heterocycles.